The van der Waals surface area contributed by atoms with Gasteiger partial charge in [0.1, 0.15) is 23.7 Å². The number of hydrogen-bond donors (Lipinski definition) is 2. The highest BCUT2D eigenvalue weighted by molar-refractivity contribution is 6.31. The standard InChI is InChI=1S/C18H18ClFN4O3/c1-2-26-18(25)24-6-5-11-14(8-24)27-17-15(11)16(21-9-22-17)23-10-3-4-13(20)12(19)7-10/h3-4,7,9,18,25H,2,5-6,8H2,1H3,(H,21,22,23). The van der Waals surface area contributed by atoms with E-state index in [-0.39, 0.29) is 5.02 Å². The molecule has 27 heavy (non-hydrogen) atoms. The summed E-state index contributed by atoms with van der Waals surface area (Å²) in [5.74, 6) is 0.797. The van der Waals surface area contributed by atoms with Crippen molar-refractivity contribution < 1.29 is 18.7 Å². The van der Waals surface area contributed by atoms with Crippen molar-refractivity contribution in [1.29, 1.82) is 0 Å². The molecule has 1 unspecified atom stereocenters. The maximum absolute atomic E-state index is 13.4. The molecule has 2 aromatic heterocycles. The van der Waals surface area contributed by atoms with Gasteiger partial charge in [-0.15, -0.1) is 0 Å². The van der Waals surface area contributed by atoms with Gasteiger partial charge in [-0.25, -0.2) is 19.3 Å². The van der Waals surface area contributed by atoms with Gasteiger partial charge in [-0.1, -0.05) is 11.6 Å². The second-order valence-corrected chi connectivity index (χ2v) is 6.57. The minimum Gasteiger partial charge on any atom is -0.441 e. The molecule has 1 aliphatic rings. The van der Waals surface area contributed by atoms with E-state index in [4.69, 9.17) is 20.8 Å². The van der Waals surface area contributed by atoms with Crippen LogP contribution in [-0.4, -0.2) is 39.5 Å². The van der Waals surface area contributed by atoms with Crippen molar-refractivity contribution in [3.05, 3.63) is 46.7 Å². The lowest BCUT2D eigenvalue weighted by Crippen LogP contribution is -2.40. The summed E-state index contributed by atoms with van der Waals surface area (Å²) in [6.07, 6.45) is 1.08. The van der Waals surface area contributed by atoms with Crippen LogP contribution in [0.15, 0.2) is 28.9 Å². The summed E-state index contributed by atoms with van der Waals surface area (Å²) in [4.78, 5) is 10.3. The van der Waals surface area contributed by atoms with Crippen molar-refractivity contribution in [2.45, 2.75) is 26.3 Å². The first kappa shape index (κ1) is 18.1. The lowest BCUT2D eigenvalue weighted by atomic mass is 10.0. The molecule has 1 atom stereocenters. The van der Waals surface area contributed by atoms with Crippen LogP contribution in [0.2, 0.25) is 5.02 Å². The third-order valence-corrected chi connectivity index (χ3v) is 4.77. The number of benzene rings is 1. The molecule has 2 N–H and O–H groups in total. The Morgan fingerprint density at radius 1 is 1.44 bits per heavy atom. The molecular formula is C18H18ClFN4O3. The average molecular weight is 393 g/mol. The summed E-state index contributed by atoms with van der Waals surface area (Å²) >= 11 is 5.86. The van der Waals surface area contributed by atoms with Crippen LogP contribution in [0.4, 0.5) is 15.9 Å². The number of nitrogens with one attached hydrogen (secondary N) is 1. The van der Waals surface area contributed by atoms with Gasteiger partial charge in [0, 0.05) is 24.4 Å². The summed E-state index contributed by atoms with van der Waals surface area (Å²) in [6, 6.07) is 4.38. The number of aromatic nitrogens is 2. The van der Waals surface area contributed by atoms with E-state index >= 15 is 0 Å². The van der Waals surface area contributed by atoms with Gasteiger partial charge in [0.25, 0.3) is 0 Å². The molecule has 0 bridgehead atoms. The van der Waals surface area contributed by atoms with Crippen LogP contribution in [-0.2, 0) is 17.7 Å². The Balaban J connectivity index is 1.67. The predicted octanol–water partition coefficient (Wildman–Crippen LogP) is 3.43. The molecule has 3 aromatic rings. The third kappa shape index (κ3) is 3.49. The highest BCUT2D eigenvalue weighted by atomic mass is 35.5. The molecule has 0 aliphatic carbocycles. The summed E-state index contributed by atoms with van der Waals surface area (Å²) in [7, 11) is 0. The van der Waals surface area contributed by atoms with Crippen molar-refractivity contribution in [1.82, 2.24) is 14.9 Å². The zero-order valence-corrected chi connectivity index (χ0v) is 15.3. The monoisotopic (exact) mass is 392 g/mol. The Hall–Kier alpha value is -2.26. The summed E-state index contributed by atoms with van der Waals surface area (Å²) in [6.45, 7) is 3.27. The Kier molecular flexibility index (Phi) is 4.96. The van der Waals surface area contributed by atoms with E-state index in [2.05, 4.69) is 15.3 Å². The quantitative estimate of drug-likeness (QED) is 0.643. The SMILES string of the molecule is CCOC(O)N1CCc2c(oc3ncnc(Nc4ccc(F)c(Cl)c4)c23)C1. The number of furan rings is 1. The van der Waals surface area contributed by atoms with Crippen LogP contribution in [0.1, 0.15) is 18.2 Å². The van der Waals surface area contributed by atoms with Crippen LogP contribution in [0.5, 0.6) is 0 Å². The number of aliphatic hydroxyl groups is 1. The molecule has 0 radical (unpaired) electrons. The number of rotatable bonds is 5. The lowest BCUT2D eigenvalue weighted by molar-refractivity contribution is -0.196. The summed E-state index contributed by atoms with van der Waals surface area (Å²) < 4.78 is 24.5. The maximum Gasteiger partial charge on any atom is 0.231 e. The van der Waals surface area contributed by atoms with Crippen LogP contribution in [0, 0.1) is 5.82 Å². The van der Waals surface area contributed by atoms with E-state index in [9.17, 15) is 9.50 Å². The van der Waals surface area contributed by atoms with Crippen molar-refractivity contribution in [3.8, 4) is 0 Å². The number of hydrogen-bond acceptors (Lipinski definition) is 7. The van der Waals surface area contributed by atoms with Gasteiger partial charge in [0.2, 0.25) is 12.1 Å². The van der Waals surface area contributed by atoms with Crippen LogP contribution >= 0.6 is 11.6 Å². The van der Waals surface area contributed by atoms with Crippen LogP contribution in [0.25, 0.3) is 11.1 Å². The van der Waals surface area contributed by atoms with Crippen LogP contribution in [0.3, 0.4) is 0 Å². The molecule has 1 aromatic carbocycles. The Morgan fingerprint density at radius 2 is 2.30 bits per heavy atom. The fourth-order valence-electron chi connectivity index (χ4n) is 3.20. The second-order valence-electron chi connectivity index (χ2n) is 6.16. The first-order chi connectivity index (χ1) is 13.1. The van der Waals surface area contributed by atoms with E-state index in [0.29, 0.717) is 43.3 Å². The van der Waals surface area contributed by atoms with Gasteiger partial charge in [0.15, 0.2) is 0 Å². The molecule has 3 heterocycles. The van der Waals surface area contributed by atoms with E-state index in [0.717, 1.165) is 16.7 Å². The maximum atomic E-state index is 13.4. The molecule has 9 heteroatoms. The lowest BCUT2D eigenvalue weighted by Gasteiger charge is -2.29. The minimum atomic E-state index is -0.971. The molecule has 0 fully saturated rings. The molecule has 0 amide bonds. The molecule has 0 spiro atoms. The van der Waals surface area contributed by atoms with Crippen LogP contribution < -0.4 is 5.32 Å². The van der Waals surface area contributed by atoms with E-state index in [1.165, 1.54) is 18.5 Å². The zero-order chi connectivity index (χ0) is 19.0. The van der Waals surface area contributed by atoms with E-state index in [1.54, 1.807) is 11.0 Å². The zero-order valence-electron chi connectivity index (χ0n) is 14.6. The fraction of sp³-hybridized carbons (Fsp3) is 0.333. The van der Waals surface area contributed by atoms with Gasteiger partial charge in [-0.3, -0.25) is 0 Å². The minimum absolute atomic E-state index is 0.0278. The third-order valence-electron chi connectivity index (χ3n) is 4.48. The van der Waals surface area contributed by atoms with Gasteiger partial charge in [-0.05, 0) is 31.5 Å². The molecule has 142 valence electrons. The number of nitrogens with zero attached hydrogens (tertiary/aromatic N) is 3. The highest BCUT2D eigenvalue weighted by Gasteiger charge is 2.28. The Bertz CT molecular complexity index is 981. The van der Waals surface area contributed by atoms with E-state index < -0.39 is 12.2 Å². The Labute approximate surface area is 159 Å². The number of halogens is 2. The van der Waals surface area contributed by atoms with Gasteiger partial charge >= 0.3 is 0 Å². The number of aliphatic hydroxyl groups excluding tert-OH is 1. The Morgan fingerprint density at radius 3 is 3.07 bits per heavy atom. The average Bonchev–Trinajstić information content (AvgIpc) is 3.03. The highest BCUT2D eigenvalue weighted by Crippen LogP contribution is 2.35. The first-order valence-corrected chi connectivity index (χ1v) is 8.95. The van der Waals surface area contributed by atoms with Crippen molar-refractivity contribution in [3.63, 3.8) is 0 Å². The van der Waals surface area contributed by atoms with Crippen molar-refractivity contribution >= 4 is 34.2 Å². The first-order valence-electron chi connectivity index (χ1n) is 8.58. The summed E-state index contributed by atoms with van der Waals surface area (Å²) in [5, 5.41) is 14.0. The van der Waals surface area contributed by atoms with Crippen molar-refractivity contribution in [2.75, 3.05) is 18.5 Å². The number of fused-ring (bicyclic) bond motifs is 3. The fourth-order valence-corrected chi connectivity index (χ4v) is 3.38. The number of ether oxygens (including phenoxy) is 1. The van der Waals surface area contributed by atoms with Gasteiger partial charge in [-0.2, -0.15) is 0 Å². The molecule has 4 rings (SSSR count). The molecule has 7 nitrogen and oxygen atoms in total. The smallest absolute Gasteiger partial charge is 0.231 e. The molecular weight excluding hydrogens is 375 g/mol. The van der Waals surface area contributed by atoms with E-state index in [1.807, 2.05) is 6.92 Å². The molecule has 0 saturated carbocycles. The van der Waals surface area contributed by atoms with Gasteiger partial charge in [0.05, 0.1) is 17.0 Å². The molecule has 1 aliphatic heterocycles. The summed E-state index contributed by atoms with van der Waals surface area (Å²) in [5.41, 5.74) is 2.06. The largest absolute Gasteiger partial charge is 0.441 e. The molecule has 0 saturated heterocycles. The van der Waals surface area contributed by atoms with Crippen molar-refractivity contribution in [2.24, 2.45) is 0 Å². The topological polar surface area (TPSA) is 83.7 Å². The normalized spacial score (nSPS) is 15.7. The van der Waals surface area contributed by atoms with Gasteiger partial charge < -0.3 is 19.6 Å². The number of anilines is 2. The predicted molar refractivity (Wildman–Crippen MR) is 98.2 cm³/mol. The second kappa shape index (κ2) is 7.40.